The van der Waals surface area contributed by atoms with Crippen LogP contribution >= 0.6 is 0 Å². The van der Waals surface area contributed by atoms with Crippen molar-refractivity contribution in [2.75, 3.05) is 6.61 Å². The summed E-state index contributed by atoms with van der Waals surface area (Å²) >= 11 is 0. The van der Waals surface area contributed by atoms with E-state index < -0.39 is 6.43 Å². The van der Waals surface area contributed by atoms with Crippen LogP contribution in [0.5, 0.6) is 0 Å². The molecule has 1 aromatic rings. The summed E-state index contributed by atoms with van der Waals surface area (Å²) in [6.45, 7) is -0.0473. The van der Waals surface area contributed by atoms with Crippen LogP contribution in [-0.4, -0.2) is 16.7 Å². The van der Waals surface area contributed by atoms with E-state index in [1.807, 2.05) is 0 Å². The highest BCUT2D eigenvalue weighted by atomic mass is 19.3. The van der Waals surface area contributed by atoms with Crippen molar-refractivity contribution in [1.29, 1.82) is 0 Å². The molecule has 2 nitrogen and oxygen atoms in total. The highest BCUT2D eigenvalue weighted by molar-refractivity contribution is 5.19. The van der Waals surface area contributed by atoms with Crippen molar-refractivity contribution in [1.82, 2.24) is 4.98 Å². The molecule has 0 amide bonds. The Balaban J connectivity index is 2.81. The maximum Gasteiger partial charge on any atom is 0.265 e. The molecule has 12 heavy (non-hydrogen) atoms. The lowest BCUT2D eigenvalue weighted by molar-refractivity contribution is 0.151. The van der Waals surface area contributed by atoms with Gasteiger partial charge in [-0.25, -0.2) is 8.78 Å². The summed E-state index contributed by atoms with van der Waals surface area (Å²) in [6.07, 6.45) is 0.484. The lowest BCUT2D eigenvalue weighted by atomic mass is 10.1. The Kier molecular flexibility index (Phi) is 3.10. The van der Waals surface area contributed by atoms with Gasteiger partial charge in [0.15, 0.2) is 0 Å². The molecular formula is C8H9F2NO. The van der Waals surface area contributed by atoms with E-state index in [0.29, 0.717) is 12.0 Å². The summed E-state index contributed by atoms with van der Waals surface area (Å²) in [7, 11) is 0. The quantitative estimate of drug-likeness (QED) is 0.752. The van der Waals surface area contributed by atoms with Gasteiger partial charge in [-0.3, -0.25) is 4.98 Å². The van der Waals surface area contributed by atoms with Crippen molar-refractivity contribution >= 4 is 0 Å². The molecule has 0 radical (unpaired) electrons. The number of hydrogen-bond donors (Lipinski definition) is 1. The van der Waals surface area contributed by atoms with Crippen LogP contribution < -0.4 is 0 Å². The van der Waals surface area contributed by atoms with Crippen LogP contribution in [0, 0.1) is 0 Å². The normalized spacial score (nSPS) is 10.7. The zero-order valence-corrected chi connectivity index (χ0v) is 6.37. The van der Waals surface area contributed by atoms with Gasteiger partial charge in [-0.15, -0.1) is 0 Å². The fourth-order valence-corrected chi connectivity index (χ4v) is 0.893. The molecule has 1 N–H and O–H groups in total. The molecule has 0 saturated carbocycles. The largest absolute Gasteiger partial charge is 0.396 e. The maximum absolute atomic E-state index is 12.1. The van der Waals surface area contributed by atoms with Gasteiger partial charge in [0.05, 0.1) is 0 Å². The zero-order valence-electron chi connectivity index (χ0n) is 6.37. The molecule has 1 aromatic heterocycles. The standard InChI is InChI=1S/C8H9F2NO/c9-8(10)7-3-6(1-2-12)4-11-5-7/h3-5,8,12H,1-2H2. The maximum atomic E-state index is 12.1. The molecule has 0 bridgehead atoms. The van der Waals surface area contributed by atoms with Crippen molar-refractivity contribution in [3.8, 4) is 0 Å². The summed E-state index contributed by atoms with van der Waals surface area (Å²) in [5.74, 6) is 0. The first kappa shape index (κ1) is 9.06. The summed E-state index contributed by atoms with van der Waals surface area (Å²) in [4.78, 5) is 3.63. The molecule has 0 spiro atoms. The molecule has 0 aliphatic rings. The third-order valence-electron chi connectivity index (χ3n) is 1.47. The Bertz CT molecular complexity index is 253. The van der Waals surface area contributed by atoms with Crippen molar-refractivity contribution < 1.29 is 13.9 Å². The molecule has 0 aromatic carbocycles. The van der Waals surface area contributed by atoms with Gasteiger partial charge in [-0.05, 0) is 18.1 Å². The fourth-order valence-electron chi connectivity index (χ4n) is 0.893. The topological polar surface area (TPSA) is 33.1 Å². The molecule has 66 valence electrons. The molecule has 1 heterocycles. The molecule has 0 aliphatic heterocycles. The summed E-state index contributed by atoms with van der Waals surface area (Å²) in [6, 6.07) is 1.36. The smallest absolute Gasteiger partial charge is 0.265 e. The molecule has 0 atom stereocenters. The average molecular weight is 173 g/mol. The van der Waals surface area contributed by atoms with E-state index in [1.165, 1.54) is 12.3 Å². The zero-order chi connectivity index (χ0) is 8.97. The number of rotatable bonds is 3. The van der Waals surface area contributed by atoms with Gasteiger partial charge in [0.25, 0.3) is 6.43 Å². The van der Waals surface area contributed by atoms with Crippen LogP contribution in [0.3, 0.4) is 0 Å². The molecular weight excluding hydrogens is 164 g/mol. The van der Waals surface area contributed by atoms with Crippen LogP contribution in [0.25, 0.3) is 0 Å². The first-order chi connectivity index (χ1) is 5.74. The fraction of sp³-hybridized carbons (Fsp3) is 0.375. The van der Waals surface area contributed by atoms with E-state index in [1.54, 1.807) is 0 Å². The SMILES string of the molecule is OCCc1cncc(C(F)F)c1. The van der Waals surface area contributed by atoms with Crippen molar-refractivity contribution in [2.45, 2.75) is 12.8 Å². The predicted molar refractivity (Wildman–Crippen MR) is 40.0 cm³/mol. The van der Waals surface area contributed by atoms with E-state index in [-0.39, 0.29) is 12.2 Å². The average Bonchev–Trinajstić information content (AvgIpc) is 2.05. The minimum absolute atomic E-state index is 0.0473. The molecule has 0 fully saturated rings. The Morgan fingerprint density at radius 3 is 2.75 bits per heavy atom. The van der Waals surface area contributed by atoms with Crippen LogP contribution in [0.1, 0.15) is 17.6 Å². The monoisotopic (exact) mass is 173 g/mol. The first-order valence-corrected chi connectivity index (χ1v) is 3.57. The Hall–Kier alpha value is -1.03. The summed E-state index contributed by atoms with van der Waals surface area (Å²) in [5.41, 5.74) is 0.538. The molecule has 0 unspecified atom stereocenters. The number of hydrogen-bond acceptors (Lipinski definition) is 2. The lowest BCUT2D eigenvalue weighted by Crippen LogP contribution is -1.94. The van der Waals surface area contributed by atoms with Crippen LogP contribution in [0.4, 0.5) is 8.78 Å². The Labute approximate surface area is 68.9 Å². The van der Waals surface area contributed by atoms with Crippen molar-refractivity contribution in [2.24, 2.45) is 0 Å². The number of pyridine rings is 1. The lowest BCUT2D eigenvalue weighted by Gasteiger charge is -2.01. The number of halogens is 2. The van der Waals surface area contributed by atoms with Gasteiger partial charge in [0, 0.05) is 24.6 Å². The van der Waals surface area contributed by atoms with Gasteiger partial charge in [0.2, 0.25) is 0 Å². The summed E-state index contributed by atoms with van der Waals surface area (Å²) < 4.78 is 24.2. The highest BCUT2D eigenvalue weighted by Crippen LogP contribution is 2.18. The van der Waals surface area contributed by atoms with E-state index in [2.05, 4.69) is 4.98 Å². The van der Waals surface area contributed by atoms with Gasteiger partial charge in [0.1, 0.15) is 0 Å². The van der Waals surface area contributed by atoms with Gasteiger partial charge in [-0.1, -0.05) is 0 Å². The third-order valence-corrected chi connectivity index (χ3v) is 1.47. The summed E-state index contributed by atoms with van der Waals surface area (Å²) in [5, 5.41) is 8.53. The van der Waals surface area contributed by atoms with Crippen LogP contribution in [-0.2, 0) is 6.42 Å². The minimum atomic E-state index is -2.49. The van der Waals surface area contributed by atoms with Crippen LogP contribution in [0.15, 0.2) is 18.5 Å². The van der Waals surface area contributed by atoms with Crippen molar-refractivity contribution in [3.63, 3.8) is 0 Å². The third kappa shape index (κ3) is 2.23. The number of alkyl halides is 2. The minimum Gasteiger partial charge on any atom is -0.396 e. The number of aromatic nitrogens is 1. The van der Waals surface area contributed by atoms with E-state index in [4.69, 9.17) is 5.11 Å². The number of aliphatic hydroxyl groups excluding tert-OH is 1. The number of aliphatic hydroxyl groups is 1. The number of nitrogens with zero attached hydrogens (tertiary/aromatic N) is 1. The van der Waals surface area contributed by atoms with E-state index in [0.717, 1.165) is 6.20 Å². The van der Waals surface area contributed by atoms with Crippen molar-refractivity contribution in [3.05, 3.63) is 29.6 Å². The first-order valence-electron chi connectivity index (χ1n) is 3.57. The second-order valence-electron chi connectivity index (χ2n) is 2.40. The molecule has 4 heteroatoms. The van der Waals surface area contributed by atoms with Gasteiger partial charge >= 0.3 is 0 Å². The van der Waals surface area contributed by atoms with Gasteiger partial charge < -0.3 is 5.11 Å². The highest BCUT2D eigenvalue weighted by Gasteiger charge is 2.07. The van der Waals surface area contributed by atoms with E-state index in [9.17, 15) is 8.78 Å². The second-order valence-corrected chi connectivity index (χ2v) is 2.40. The molecule has 1 rings (SSSR count). The Morgan fingerprint density at radius 1 is 1.42 bits per heavy atom. The molecule has 0 saturated heterocycles. The molecule has 0 aliphatic carbocycles. The van der Waals surface area contributed by atoms with Crippen LogP contribution in [0.2, 0.25) is 0 Å². The van der Waals surface area contributed by atoms with E-state index >= 15 is 0 Å². The van der Waals surface area contributed by atoms with Gasteiger partial charge in [-0.2, -0.15) is 0 Å². The second kappa shape index (κ2) is 4.11. The Morgan fingerprint density at radius 2 is 2.17 bits per heavy atom. The predicted octanol–water partition coefficient (Wildman–Crippen LogP) is 1.55.